The van der Waals surface area contributed by atoms with Crippen molar-refractivity contribution in [3.8, 4) is 0 Å². The fourth-order valence-corrected chi connectivity index (χ4v) is 1.30. The first-order valence-electron chi connectivity index (χ1n) is 3.29. The van der Waals surface area contributed by atoms with Gasteiger partial charge in [0.25, 0.3) is 5.69 Å². The monoisotopic (exact) mass is 308 g/mol. The van der Waals surface area contributed by atoms with Crippen molar-refractivity contribution < 1.29 is 4.92 Å². The van der Waals surface area contributed by atoms with E-state index in [2.05, 4.69) is 4.40 Å². The molecule has 0 fully saturated rings. The van der Waals surface area contributed by atoms with E-state index >= 15 is 0 Å². The molecule has 1 rings (SSSR count). The third-order valence-electron chi connectivity index (χ3n) is 1.32. The molecule has 6 heteroatoms. The molecule has 0 aliphatic rings. The fourth-order valence-electron chi connectivity index (χ4n) is 0.799. The normalized spacial score (nSPS) is 10.5. The zero-order valence-corrected chi connectivity index (χ0v) is 9.36. The van der Waals surface area contributed by atoms with E-state index in [9.17, 15) is 10.1 Å². The van der Waals surface area contributed by atoms with Crippen molar-refractivity contribution in [2.75, 3.05) is 0 Å². The number of nitrogens with zero attached hydrogens (tertiary/aromatic N) is 2. The van der Waals surface area contributed by atoms with Gasteiger partial charge >= 0.3 is 0 Å². The van der Waals surface area contributed by atoms with Gasteiger partial charge in [0, 0.05) is 54.2 Å². The first-order chi connectivity index (χ1) is 6.24. The van der Waals surface area contributed by atoms with Crippen LogP contribution in [0.5, 0.6) is 0 Å². The second-order valence-corrected chi connectivity index (χ2v) is 3.69. The second kappa shape index (κ2) is 5.18. The highest BCUT2D eigenvalue weighted by atomic mass is 127. The van der Waals surface area contributed by atoms with Gasteiger partial charge in [-0.2, -0.15) is 0 Å². The summed E-state index contributed by atoms with van der Waals surface area (Å²) >= 11 is 2.02. The van der Waals surface area contributed by atoms with Crippen molar-refractivity contribution in [2.45, 2.75) is 0 Å². The van der Waals surface area contributed by atoms with Crippen LogP contribution in [0.2, 0.25) is 0 Å². The van der Waals surface area contributed by atoms with Crippen LogP contribution in [0.25, 0.3) is 0 Å². The summed E-state index contributed by atoms with van der Waals surface area (Å²) in [6.07, 6.45) is 1.59. The van der Waals surface area contributed by atoms with Gasteiger partial charge in [-0.3, -0.25) is 10.1 Å². The number of non-ortho nitro benzene ring substituents is 1. The largest absolute Gasteiger partial charge is 0.270 e. The molecule has 0 radical (unpaired) electrons. The summed E-state index contributed by atoms with van der Waals surface area (Å²) in [7, 11) is 1.28. The molecule has 0 aliphatic carbocycles. The molecule has 0 spiro atoms. The van der Waals surface area contributed by atoms with E-state index < -0.39 is 4.92 Å². The third kappa shape index (κ3) is 3.31. The number of nitro groups is 1. The quantitative estimate of drug-likeness (QED) is 0.283. The fraction of sp³-hybridized carbons (Fsp3) is 0. The van der Waals surface area contributed by atoms with Crippen LogP contribution in [-0.2, 0) is 0 Å². The zero-order valence-electron chi connectivity index (χ0n) is 6.38. The van der Waals surface area contributed by atoms with Gasteiger partial charge in [-0.25, -0.2) is 4.40 Å². The molecule has 0 saturated heterocycles. The number of halogens is 1. The summed E-state index contributed by atoms with van der Waals surface area (Å²) in [5.41, 5.74) is 0.820. The maximum atomic E-state index is 10.4. The van der Waals surface area contributed by atoms with Gasteiger partial charge in [-0.05, 0) is 0 Å². The van der Waals surface area contributed by atoms with Gasteiger partial charge in [0.1, 0.15) is 0 Å². The molecular weight excluding hydrogens is 303 g/mol. The van der Waals surface area contributed by atoms with Crippen molar-refractivity contribution in [3.63, 3.8) is 0 Å². The molecule has 68 valence electrons. The van der Waals surface area contributed by atoms with Crippen LogP contribution < -0.4 is 0 Å². The van der Waals surface area contributed by atoms with Crippen LogP contribution in [0, 0.1) is 10.1 Å². The van der Waals surface area contributed by atoms with Gasteiger partial charge in [-0.15, -0.1) is 0 Å². The van der Waals surface area contributed by atoms with Crippen LogP contribution in [0.1, 0.15) is 5.56 Å². The Kier molecular flexibility index (Phi) is 4.16. The number of hydrogen-bond acceptors (Lipinski definition) is 4. The summed E-state index contributed by atoms with van der Waals surface area (Å²) in [5, 5.41) is 10.4. The minimum atomic E-state index is -0.422. The summed E-state index contributed by atoms with van der Waals surface area (Å²) in [4.78, 5) is 9.96. The van der Waals surface area contributed by atoms with Gasteiger partial charge in [0.05, 0.1) is 4.92 Å². The molecule has 0 aliphatic heterocycles. The Bertz CT molecular complexity index is 343. The van der Waals surface area contributed by atoms with Gasteiger partial charge < -0.3 is 0 Å². The minimum absolute atomic E-state index is 0.0856. The van der Waals surface area contributed by atoms with Gasteiger partial charge in [0.2, 0.25) is 0 Å². The van der Waals surface area contributed by atoms with Gasteiger partial charge in [0.15, 0.2) is 0 Å². The van der Waals surface area contributed by atoms with Crippen molar-refractivity contribution in [1.82, 2.24) is 0 Å². The molecule has 0 heterocycles. The average molecular weight is 308 g/mol. The predicted molar refractivity (Wildman–Crippen MR) is 62.3 cm³/mol. The maximum Gasteiger partial charge on any atom is 0.270 e. The minimum Gasteiger partial charge on any atom is -0.258 e. The van der Waals surface area contributed by atoms with Crippen molar-refractivity contribution in [3.05, 3.63) is 39.9 Å². The van der Waals surface area contributed by atoms with E-state index in [1.165, 1.54) is 21.3 Å². The van der Waals surface area contributed by atoms with Crippen LogP contribution in [0.15, 0.2) is 28.7 Å². The molecular formula is C7H5IN2O2S. The maximum absolute atomic E-state index is 10.4. The highest BCUT2D eigenvalue weighted by Gasteiger charge is 2.03. The number of hydrogen-bond donors (Lipinski definition) is 0. The van der Waals surface area contributed by atoms with Crippen LogP contribution >= 0.6 is 30.3 Å². The molecule has 1 aromatic carbocycles. The molecule has 0 aromatic heterocycles. The second-order valence-electron chi connectivity index (χ2n) is 2.16. The smallest absolute Gasteiger partial charge is 0.258 e. The van der Waals surface area contributed by atoms with Crippen LogP contribution in [0.3, 0.4) is 0 Å². The van der Waals surface area contributed by atoms with Crippen LogP contribution in [-0.4, -0.2) is 11.1 Å². The van der Waals surface area contributed by atoms with Crippen molar-refractivity contribution in [2.24, 2.45) is 4.40 Å². The highest BCUT2D eigenvalue weighted by Crippen LogP contribution is 2.14. The van der Waals surface area contributed by atoms with E-state index in [0.717, 1.165) is 5.56 Å². The van der Waals surface area contributed by atoms with Gasteiger partial charge in [-0.1, -0.05) is 12.1 Å². The summed E-state index contributed by atoms with van der Waals surface area (Å²) in [6.45, 7) is 0. The Labute approximate surface area is 91.3 Å². The Morgan fingerprint density at radius 3 is 3.00 bits per heavy atom. The molecule has 0 saturated carbocycles. The lowest BCUT2D eigenvalue weighted by atomic mass is 10.2. The average Bonchev–Trinajstić information content (AvgIpc) is 2.15. The van der Waals surface area contributed by atoms with Crippen molar-refractivity contribution >= 4 is 42.2 Å². The zero-order chi connectivity index (χ0) is 9.68. The van der Waals surface area contributed by atoms with E-state index in [1.54, 1.807) is 18.3 Å². The summed E-state index contributed by atoms with van der Waals surface area (Å²) in [6, 6.07) is 6.34. The Morgan fingerprint density at radius 2 is 2.38 bits per heavy atom. The Morgan fingerprint density at radius 1 is 1.62 bits per heavy atom. The van der Waals surface area contributed by atoms with E-state index in [4.69, 9.17) is 0 Å². The van der Waals surface area contributed by atoms with E-state index in [-0.39, 0.29) is 5.69 Å². The lowest BCUT2D eigenvalue weighted by molar-refractivity contribution is -0.384. The predicted octanol–water partition coefficient (Wildman–Crippen LogP) is 3.01. The summed E-state index contributed by atoms with van der Waals surface area (Å²) < 4.78 is 3.90. The SMILES string of the molecule is O=[N+]([O-])c1cccc(/C=N/SI)c1. The Balaban J connectivity index is 2.92. The highest BCUT2D eigenvalue weighted by molar-refractivity contribution is 14.2. The molecule has 0 N–H and O–H groups in total. The molecule has 1 aromatic rings. The molecule has 0 amide bonds. The molecule has 4 nitrogen and oxygen atoms in total. The standard InChI is InChI=1S/C7H5IN2O2S/c8-13-9-5-6-2-1-3-7(4-6)10(11)12/h1-5H/b9-5+. The van der Waals surface area contributed by atoms with Crippen molar-refractivity contribution in [1.29, 1.82) is 0 Å². The number of benzene rings is 1. The number of rotatable bonds is 3. The third-order valence-corrected chi connectivity index (χ3v) is 2.19. The molecule has 0 atom stereocenters. The summed E-state index contributed by atoms with van der Waals surface area (Å²) in [5.74, 6) is 0. The molecule has 0 unspecified atom stereocenters. The molecule has 0 bridgehead atoms. The molecule has 13 heavy (non-hydrogen) atoms. The van der Waals surface area contributed by atoms with Crippen LogP contribution in [0.4, 0.5) is 5.69 Å². The van der Waals surface area contributed by atoms with E-state index in [1.807, 2.05) is 21.2 Å². The topological polar surface area (TPSA) is 55.5 Å². The van der Waals surface area contributed by atoms with E-state index in [0.29, 0.717) is 0 Å². The first-order valence-corrected chi connectivity index (χ1v) is 6.61. The first kappa shape index (κ1) is 10.5. The number of nitro benzene ring substituents is 1. The lowest BCUT2D eigenvalue weighted by Gasteiger charge is -1.92. The lowest BCUT2D eigenvalue weighted by Crippen LogP contribution is -1.88. The Hall–Kier alpha value is -0.630.